The van der Waals surface area contributed by atoms with Gasteiger partial charge in [0.15, 0.2) is 0 Å². The van der Waals surface area contributed by atoms with E-state index < -0.39 is 10.0 Å². The molecule has 0 amide bonds. The first-order chi connectivity index (χ1) is 8.41. The SMILES string of the molecule is Nc1cc(S(N)(=O)=O)ccc1N1CCC(CO)C1. The Morgan fingerprint density at radius 1 is 1.44 bits per heavy atom. The number of nitrogen functional groups attached to an aromatic ring is 1. The van der Waals surface area contributed by atoms with Crippen molar-refractivity contribution in [3.63, 3.8) is 0 Å². The van der Waals surface area contributed by atoms with Gasteiger partial charge in [0.25, 0.3) is 0 Å². The second-order valence-electron chi connectivity index (χ2n) is 4.55. The molecule has 1 aromatic rings. The van der Waals surface area contributed by atoms with Crippen LogP contribution in [0.15, 0.2) is 23.1 Å². The monoisotopic (exact) mass is 271 g/mol. The zero-order valence-corrected chi connectivity index (χ0v) is 10.7. The fourth-order valence-corrected chi connectivity index (χ4v) is 2.75. The minimum atomic E-state index is -3.72. The largest absolute Gasteiger partial charge is 0.397 e. The number of anilines is 2. The molecule has 1 aromatic carbocycles. The van der Waals surface area contributed by atoms with Crippen molar-refractivity contribution in [1.82, 2.24) is 0 Å². The molecule has 5 N–H and O–H groups in total. The van der Waals surface area contributed by atoms with Gasteiger partial charge in [-0.3, -0.25) is 0 Å². The van der Waals surface area contributed by atoms with E-state index in [2.05, 4.69) is 0 Å². The average molecular weight is 271 g/mol. The van der Waals surface area contributed by atoms with Crippen molar-refractivity contribution in [2.75, 3.05) is 30.3 Å². The summed E-state index contributed by atoms with van der Waals surface area (Å²) in [7, 11) is -3.72. The predicted molar refractivity (Wildman–Crippen MR) is 69.6 cm³/mol. The smallest absolute Gasteiger partial charge is 0.238 e. The Balaban J connectivity index is 2.26. The number of aliphatic hydroxyl groups is 1. The van der Waals surface area contributed by atoms with E-state index in [0.29, 0.717) is 5.69 Å². The summed E-state index contributed by atoms with van der Waals surface area (Å²) < 4.78 is 22.4. The molecule has 1 atom stereocenters. The zero-order valence-electron chi connectivity index (χ0n) is 9.91. The van der Waals surface area contributed by atoms with Gasteiger partial charge in [0.1, 0.15) is 0 Å². The van der Waals surface area contributed by atoms with Gasteiger partial charge in [-0.05, 0) is 24.6 Å². The van der Waals surface area contributed by atoms with Gasteiger partial charge in [0.2, 0.25) is 10.0 Å². The van der Waals surface area contributed by atoms with Gasteiger partial charge in [0, 0.05) is 25.6 Å². The summed E-state index contributed by atoms with van der Waals surface area (Å²) in [5.41, 5.74) is 7.04. The van der Waals surface area contributed by atoms with E-state index in [1.54, 1.807) is 6.07 Å². The minimum Gasteiger partial charge on any atom is -0.397 e. The molecule has 0 bridgehead atoms. The number of nitrogens with two attached hydrogens (primary N) is 2. The molecule has 7 heteroatoms. The van der Waals surface area contributed by atoms with Crippen LogP contribution in [0.2, 0.25) is 0 Å². The molecule has 18 heavy (non-hydrogen) atoms. The number of hydrogen-bond acceptors (Lipinski definition) is 5. The van der Waals surface area contributed by atoms with Crippen LogP contribution in [0.5, 0.6) is 0 Å². The number of nitrogens with zero attached hydrogens (tertiary/aromatic N) is 1. The standard InChI is InChI=1S/C11H17N3O3S/c12-10-5-9(18(13,16)17)1-2-11(10)14-4-3-8(6-14)7-15/h1-2,5,8,15H,3-4,6-7,12H2,(H2,13,16,17). The highest BCUT2D eigenvalue weighted by atomic mass is 32.2. The number of benzene rings is 1. The number of rotatable bonds is 3. The molecule has 0 saturated carbocycles. The normalized spacial score (nSPS) is 20.3. The van der Waals surface area contributed by atoms with Crippen molar-refractivity contribution < 1.29 is 13.5 Å². The van der Waals surface area contributed by atoms with Gasteiger partial charge in [-0.25, -0.2) is 13.6 Å². The maximum absolute atomic E-state index is 11.2. The Bertz CT molecular complexity index is 544. The van der Waals surface area contributed by atoms with Gasteiger partial charge in [-0.2, -0.15) is 0 Å². The lowest BCUT2D eigenvalue weighted by molar-refractivity contribution is 0.238. The number of aliphatic hydroxyl groups excluding tert-OH is 1. The number of sulfonamides is 1. The fraction of sp³-hybridized carbons (Fsp3) is 0.455. The third-order valence-electron chi connectivity index (χ3n) is 3.21. The second kappa shape index (κ2) is 4.75. The summed E-state index contributed by atoms with van der Waals surface area (Å²) in [6, 6.07) is 4.49. The molecule has 0 aromatic heterocycles. The zero-order chi connectivity index (χ0) is 13.3. The van der Waals surface area contributed by atoms with Gasteiger partial charge >= 0.3 is 0 Å². The van der Waals surface area contributed by atoms with Crippen molar-refractivity contribution in [3.05, 3.63) is 18.2 Å². The maximum atomic E-state index is 11.2. The van der Waals surface area contributed by atoms with E-state index >= 15 is 0 Å². The summed E-state index contributed by atoms with van der Waals surface area (Å²) >= 11 is 0. The first-order valence-corrected chi connectivity index (χ1v) is 7.24. The molecular formula is C11H17N3O3S. The van der Waals surface area contributed by atoms with Crippen molar-refractivity contribution in [2.24, 2.45) is 11.1 Å². The van der Waals surface area contributed by atoms with E-state index in [9.17, 15) is 8.42 Å². The van der Waals surface area contributed by atoms with Crippen LogP contribution in [0, 0.1) is 5.92 Å². The molecule has 0 aliphatic carbocycles. The third-order valence-corrected chi connectivity index (χ3v) is 4.12. The Labute approximate surface area is 106 Å². The van der Waals surface area contributed by atoms with E-state index in [1.165, 1.54) is 12.1 Å². The van der Waals surface area contributed by atoms with Crippen molar-refractivity contribution >= 4 is 21.4 Å². The summed E-state index contributed by atoms with van der Waals surface area (Å²) in [6.45, 7) is 1.70. The van der Waals surface area contributed by atoms with Crippen LogP contribution in [-0.2, 0) is 10.0 Å². The van der Waals surface area contributed by atoms with Gasteiger partial charge < -0.3 is 15.7 Å². The molecule has 1 unspecified atom stereocenters. The molecule has 1 saturated heterocycles. The molecule has 6 nitrogen and oxygen atoms in total. The second-order valence-corrected chi connectivity index (χ2v) is 6.11. The van der Waals surface area contributed by atoms with Gasteiger partial charge in [-0.15, -0.1) is 0 Å². The Kier molecular flexibility index (Phi) is 3.47. The maximum Gasteiger partial charge on any atom is 0.238 e. The summed E-state index contributed by atoms with van der Waals surface area (Å²) in [6.07, 6.45) is 0.910. The van der Waals surface area contributed by atoms with Crippen LogP contribution in [0.4, 0.5) is 11.4 Å². The van der Waals surface area contributed by atoms with Gasteiger partial charge in [0.05, 0.1) is 16.3 Å². The van der Waals surface area contributed by atoms with Crippen LogP contribution >= 0.6 is 0 Å². The first-order valence-electron chi connectivity index (χ1n) is 5.70. The van der Waals surface area contributed by atoms with Crippen LogP contribution in [0.1, 0.15) is 6.42 Å². The highest BCUT2D eigenvalue weighted by molar-refractivity contribution is 7.89. The Morgan fingerprint density at radius 2 is 2.17 bits per heavy atom. The highest BCUT2D eigenvalue weighted by Crippen LogP contribution is 2.30. The van der Waals surface area contributed by atoms with Crippen molar-refractivity contribution in [1.29, 1.82) is 0 Å². The number of hydrogen-bond donors (Lipinski definition) is 3. The van der Waals surface area contributed by atoms with E-state index in [1.807, 2.05) is 4.90 Å². The van der Waals surface area contributed by atoms with Crippen LogP contribution in [0.25, 0.3) is 0 Å². The molecular weight excluding hydrogens is 254 g/mol. The summed E-state index contributed by atoms with van der Waals surface area (Å²) in [4.78, 5) is 2.06. The quantitative estimate of drug-likeness (QED) is 0.656. The van der Waals surface area contributed by atoms with E-state index in [-0.39, 0.29) is 17.4 Å². The summed E-state index contributed by atoms with van der Waals surface area (Å²) in [5.74, 6) is 0.252. The minimum absolute atomic E-state index is 0.0154. The topological polar surface area (TPSA) is 110 Å². The Hall–Kier alpha value is -1.31. The predicted octanol–water partition coefficient (Wildman–Crippen LogP) is -0.265. The van der Waals surface area contributed by atoms with Crippen LogP contribution in [-0.4, -0.2) is 33.2 Å². The highest BCUT2D eigenvalue weighted by Gasteiger charge is 2.23. The lowest BCUT2D eigenvalue weighted by Gasteiger charge is -2.20. The van der Waals surface area contributed by atoms with Crippen molar-refractivity contribution in [2.45, 2.75) is 11.3 Å². The number of primary sulfonamides is 1. The van der Waals surface area contributed by atoms with E-state index in [4.69, 9.17) is 16.0 Å². The molecule has 1 heterocycles. The fourth-order valence-electron chi connectivity index (χ4n) is 2.20. The third kappa shape index (κ3) is 2.58. The molecule has 1 fully saturated rings. The van der Waals surface area contributed by atoms with E-state index in [0.717, 1.165) is 25.2 Å². The molecule has 0 spiro atoms. The molecule has 0 radical (unpaired) electrons. The first kappa shape index (κ1) is 13.1. The Morgan fingerprint density at radius 3 is 2.67 bits per heavy atom. The van der Waals surface area contributed by atoms with Gasteiger partial charge in [-0.1, -0.05) is 0 Å². The summed E-state index contributed by atoms with van der Waals surface area (Å²) in [5, 5.41) is 14.1. The lowest BCUT2D eigenvalue weighted by Crippen LogP contribution is -2.22. The van der Waals surface area contributed by atoms with Crippen LogP contribution < -0.4 is 15.8 Å². The molecule has 1 aliphatic rings. The average Bonchev–Trinajstić information content (AvgIpc) is 2.76. The molecule has 1 aliphatic heterocycles. The molecule has 2 rings (SSSR count). The molecule has 100 valence electrons. The van der Waals surface area contributed by atoms with Crippen molar-refractivity contribution in [3.8, 4) is 0 Å². The lowest BCUT2D eigenvalue weighted by atomic mass is 10.1. The van der Waals surface area contributed by atoms with Crippen LogP contribution in [0.3, 0.4) is 0 Å².